The van der Waals surface area contributed by atoms with Gasteiger partial charge in [-0.15, -0.1) is 0 Å². The fraction of sp³-hybridized carbons (Fsp3) is 0.182. The minimum absolute atomic E-state index is 0. The minimum Gasteiger partial charge on any atom is -0.504 e. The number of aromatic hydroxyl groups is 3. The Kier molecular flexibility index (Phi) is 5.97. The molecule has 1 aliphatic rings. The van der Waals surface area contributed by atoms with Crippen molar-refractivity contribution in [2.24, 2.45) is 0 Å². The van der Waals surface area contributed by atoms with Gasteiger partial charge in [-0.2, -0.15) is 0 Å². The highest BCUT2D eigenvalue weighted by molar-refractivity contribution is 6.01. The van der Waals surface area contributed by atoms with Gasteiger partial charge in [0.15, 0.2) is 17.2 Å². The lowest BCUT2D eigenvalue weighted by Gasteiger charge is -2.01. The summed E-state index contributed by atoms with van der Waals surface area (Å²) in [5, 5.41) is 37.1. The third-order valence-electron chi connectivity index (χ3n) is 2.17. The average molecular weight is 287 g/mol. The smallest absolute Gasteiger partial charge is 0.335 e. The van der Waals surface area contributed by atoms with Crippen molar-refractivity contribution >= 4 is 17.8 Å². The molecule has 0 aliphatic carbocycles. The molecule has 2 rings (SSSR count). The van der Waals surface area contributed by atoms with E-state index >= 15 is 0 Å². The van der Waals surface area contributed by atoms with Crippen LogP contribution in [0.2, 0.25) is 0 Å². The van der Waals surface area contributed by atoms with Crippen LogP contribution in [0.25, 0.3) is 0 Å². The first kappa shape index (κ1) is 17.2. The van der Waals surface area contributed by atoms with Crippen molar-refractivity contribution in [3.8, 4) is 17.2 Å². The van der Waals surface area contributed by atoms with Crippen LogP contribution in [0.3, 0.4) is 0 Å². The molecule has 0 unspecified atom stereocenters. The highest BCUT2D eigenvalue weighted by atomic mass is 16.4. The van der Waals surface area contributed by atoms with E-state index in [0.29, 0.717) is 12.8 Å². The first-order valence-electron chi connectivity index (χ1n) is 5.12. The van der Waals surface area contributed by atoms with Gasteiger partial charge in [0.05, 0.1) is 5.56 Å². The fourth-order valence-electron chi connectivity index (χ4n) is 1.24. The van der Waals surface area contributed by atoms with Crippen LogP contribution in [0.4, 0.5) is 0 Å². The van der Waals surface area contributed by atoms with E-state index in [4.69, 9.17) is 20.4 Å². The van der Waals surface area contributed by atoms with Crippen LogP contribution < -0.4 is 5.32 Å². The standard InChI is InChI=1S/C7H6O5.C4H5NO2.H2O/c8-4-1-3(7(11)12)2-5(9)6(4)10;6-3-1-2-4(7)5-3;/h1-2,8-10H,(H,11,12);1-2H2,(H,5,6,7);1H2. The zero-order chi connectivity index (χ0) is 14.6. The molecule has 1 fully saturated rings. The van der Waals surface area contributed by atoms with E-state index in [1.165, 1.54) is 0 Å². The van der Waals surface area contributed by atoms with Crippen molar-refractivity contribution in [3.05, 3.63) is 17.7 Å². The molecule has 9 nitrogen and oxygen atoms in total. The number of amides is 2. The minimum atomic E-state index is -1.29. The Labute approximate surface area is 112 Å². The van der Waals surface area contributed by atoms with Gasteiger partial charge in [-0.1, -0.05) is 0 Å². The molecule has 1 aliphatic heterocycles. The number of aromatic carboxylic acids is 1. The molecule has 0 bridgehead atoms. The normalized spacial score (nSPS) is 12.8. The van der Waals surface area contributed by atoms with E-state index < -0.39 is 23.2 Å². The van der Waals surface area contributed by atoms with Gasteiger partial charge < -0.3 is 25.9 Å². The van der Waals surface area contributed by atoms with Crippen LogP contribution >= 0.6 is 0 Å². The maximum Gasteiger partial charge on any atom is 0.335 e. The molecule has 0 aromatic heterocycles. The largest absolute Gasteiger partial charge is 0.504 e. The zero-order valence-corrected chi connectivity index (χ0v) is 10.1. The molecule has 7 N–H and O–H groups in total. The predicted molar refractivity (Wildman–Crippen MR) is 64.4 cm³/mol. The third kappa shape index (κ3) is 4.46. The van der Waals surface area contributed by atoms with E-state index in [1.54, 1.807) is 0 Å². The molecule has 1 heterocycles. The van der Waals surface area contributed by atoms with Crippen molar-refractivity contribution in [2.45, 2.75) is 12.8 Å². The van der Waals surface area contributed by atoms with Crippen LogP contribution in [-0.4, -0.2) is 43.7 Å². The van der Waals surface area contributed by atoms with Gasteiger partial charge in [-0.3, -0.25) is 14.9 Å². The second-order valence-electron chi connectivity index (χ2n) is 3.64. The van der Waals surface area contributed by atoms with Gasteiger partial charge in [0.2, 0.25) is 11.8 Å². The number of imide groups is 1. The number of benzene rings is 1. The van der Waals surface area contributed by atoms with Gasteiger partial charge in [-0.05, 0) is 12.1 Å². The Balaban J connectivity index is 0.000000387. The Morgan fingerprint density at radius 1 is 1.00 bits per heavy atom. The average Bonchev–Trinajstić information content (AvgIpc) is 2.70. The summed E-state index contributed by atoms with van der Waals surface area (Å²) in [7, 11) is 0. The summed E-state index contributed by atoms with van der Waals surface area (Å²) < 4.78 is 0. The van der Waals surface area contributed by atoms with Crippen molar-refractivity contribution in [1.82, 2.24) is 5.32 Å². The van der Waals surface area contributed by atoms with Gasteiger partial charge in [0.25, 0.3) is 0 Å². The number of carboxylic acid groups (broad SMARTS) is 1. The predicted octanol–water partition coefficient (Wildman–Crippen LogP) is -0.900. The number of carbonyl (C=O) groups excluding carboxylic acids is 2. The first-order chi connectivity index (χ1) is 8.81. The Hall–Kier alpha value is -2.81. The lowest BCUT2D eigenvalue weighted by Crippen LogP contribution is -2.18. The number of carbonyl (C=O) groups is 3. The summed E-state index contributed by atoms with van der Waals surface area (Å²) >= 11 is 0. The van der Waals surface area contributed by atoms with Gasteiger partial charge >= 0.3 is 5.97 Å². The summed E-state index contributed by atoms with van der Waals surface area (Å²) in [6.07, 6.45) is 0.748. The monoisotopic (exact) mass is 287 g/mol. The lowest BCUT2D eigenvalue weighted by atomic mass is 10.2. The molecule has 110 valence electrons. The van der Waals surface area contributed by atoms with E-state index in [2.05, 4.69) is 5.32 Å². The van der Waals surface area contributed by atoms with Crippen molar-refractivity contribution in [3.63, 3.8) is 0 Å². The number of carboxylic acids is 1. The quantitative estimate of drug-likeness (QED) is 0.328. The number of hydrogen-bond acceptors (Lipinski definition) is 6. The van der Waals surface area contributed by atoms with Crippen molar-refractivity contribution < 1.29 is 40.3 Å². The second kappa shape index (κ2) is 6.95. The molecule has 1 saturated heterocycles. The molecule has 0 saturated carbocycles. The van der Waals surface area contributed by atoms with Crippen molar-refractivity contribution in [2.75, 3.05) is 0 Å². The number of hydrogen-bond donors (Lipinski definition) is 5. The van der Waals surface area contributed by atoms with Crippen LogP contribution in [0.1, 0.15) is 23.2 Å². The Morgan fingerprint density at radius 3 is 1.65 bits per heavy atom. The third-order valence-corrected chi connectivity index (χ3v) is 2.17. The summed E-state index contributed by atoms with van der Waals surface area (Å²) in [4.78, 5) is 30.6. The second-order valence-corrected chi connectivity index (χ2v) is 3.64. The lowest BCUT2D eigenvalue weighted by molar-refractivity contribution is -0.124. The highest BCUT2D eigenvalue weighted by Crippen LogP contribution is 2.35. The molecule has 20 heavy (non-hydrogen) atoms. The topological polar surface area (TPSA) is 176 Å². The van der Waals surface area contributed by atoms with E-state index in [1.807, 2.05) is 0 Å². The molecule has 1 aromatic carbocycles. The van der Waals surface area contributed by atoms with Crippen LogP contribution in [0, 0.1) is 0 Å². The summed E-state index contributed by atoms with van der Waals surface area (Å²) in [5.41, 5.74) is -0.289. The zero-order valence-electron chi connectivity index (χ0n) is 10.1. The van der Waals surface area contributed by atoms with Crippen LogP contribution in [-0.2, 0) is 9.59 Å². The summed E-state index contributed by atoms with van der Waals surface area (Å²) in [6.45, 7) is 0. The maximum atomic E-state index is 10.3. The molecular weight excluding hydrogens is 274 g/mol. The molecule has 0 radical (unpaired) electrons. The Bertz CT molecular complexity index is 502. The number of phenolic OH excluding ortho intramolecular Hbond substituents is 3. The van der Waals surface area contributed by atoms with Gasteiger partial charge in [0, 0.05) is 12.8 Å². The summed E-state index contributed by atoms with van der Waals surface area (Å²) in [5.74, 6) is -3.63. The Morgan fingerprint density at radius 2 is 1.40 bits per heavy atom. The number of nitrogens with one attached hydrogen (secondary N) is 1. The molecule has 2 amide bonds. The van der Waals surface area contributed by atoms with Crippen LogP contribution in [0.15, 0.2) is 12.1 Å². The van der Waals surface area contributed by atoms with Gasteiger partial charge in [-0.25, -0.2) is 4.79 Å². The highest BCUT2D eigenvalue weighted by Gasteiger charge is 2.15. The van der Waals surface area contributed by atoms with E-state index in [0.717, 1.165) is 12.1 Å². The van der Waals surface area contributed by atoms with Crippen molar-refractivity contribution in [1.29, 1.82) is 0 Å². The van der Waals surface area contributed by atoms with Gasteiger partial charge in [0.1, 0.15) is 0 Å². The fourth-order valence-corrected chi connectivity index (χ4v) is 1.24. The molecule has 0 spiro atoms. The van der Waals surface area contributed by atoms with Crippen LogP contribution in [0.5, 0.6) is 17.2 Å². The van der Waals surface area contributed by atoms with E-state index in [9.17, 15) is 14.4 Å². The van der Waals surface area contributed by atoms with E-state index in [-0.39, 0.29) is 22.9 Å². The number of rotatable bonds is 1. The number of phenols is 3. The molecule has 9 heteroatoms. The summed E-state index contributed by atoms with van der Waals surface area (Å²) in [6, 6.07) is 1.69. The molecular formula is C11H13NO8. The molecule has 0 atom stereocenters. The molecule has 1 aromatic rings. The first-order valence-corrected chi connectivity index (χ1v) is 5.12. The maximum absolute atomic E-state index is 10.3. The SMILES string of the molecule is O.O=C(O)c1cc(O)c(O)c(O)c1.O=C1CCC(=O)N1.